The van der Waals surface area contributed by atoms with Gasteiger partial charge in [-0.1, -0.05) is 20.8 Å². The van der Waals surface area contributed by atoms with Crippen molar-refractivity contribution in [1.82, 2.24) is 4.98 Å². The molecule has 1 aromatic carbocycles. The Labute approximate surface area is 208 Å². The summed E-state index contributed by atoms with van der Waals surface area (Å²) in [6.45, 7) is 10.4. The van der Waals surface area contributed by atoms with Gasteiger partial charge in [-0.3, -0.25) is 14.5 Å². The van der Waals surface area contributed by atoms with E-state index in [1.165, 1.54) is 23.2 Å². The van der Waals surface area contributed by atoms with Gasteiger partial charge in [-0.25, -0.2) is 4.98 Å². The first kappa shape index (κ1) is 27.5. The highest BCUT2D eigenvalue weighted by molar-refractivity contribution is 6.74. The lowest BCUT2D eigenvalue weighted by atomic mass is 10.2. The molecular formula is C24H30F3N3O5Si. The van der Waals surface area contributed by atoms with Crippen molar-refractivity contribution in [2.45, 2.75) is 57.8 Å². The van der Waals surface area contributed by atoms with Crippen molar-refractivity contribution in [2.75, 3.05) is 23.4 Å². The van der Waals surface area contributed by atoms with Gasteiger partial charge in [0, 0.05) is 19.2 Å². The third kappa shape index (κ3) is 6.97. The second-order valence-electron chi connectivity index (χ2n) is 9.87. The van der Waals surface area contributed by atoms with Crippen LogP contribution in [0.5, 0.6) is 11.5 Å². The maximum Gasteiger partial charge on any atom is 0.573 e. The van der Waals surface area contributed by atoms with Crippen LogP contribution in [-0.2, 0) is 14.0 Å². The molecule has 1 aliphatic heterocycles. The minimum atomic E-state index is -4.82. The van der Waals surface area contributed by atoms with E-state index in [1.807, 2.05) is 0 Å². The summed E-state index contributed by atoms with van der Waals surface area (Å²) in [5.74, 6) is -0.856. The number of amides is 2. The zero-order valence-electron chi connectivity index (χ0n) is 20.8. The highest BCUT2D eigenvalue weighted by Gasteiger charge is 2.38. The summed E-state index contributed by atoms with van der Waals surface area (Å²) in [5.41, 5.74) is 0.395. The summed E-state index contributed by atoms with van der Waals surface area (Å²) < 4.78 is 53.5. The van der Waals surface area contributed by atoms with E-state index in [0.29, 0.717) is 5.69 Å². The van der Waals surface area contributed by atoms with Crippen molar-refractivity contribution in [3.05, 3.63) is 42.6 Å². The summed E-state index contributed by atoms with van der Waals surface area (Å²) in [4.78, 5) is 31.3. The molecule has 8 nitrogen and oxygen atoms in total. The summed E-state index contributed by atoms with van der Waals surface area (Å²) in [5, 5.41) is 2.63. The Kier molecular flexibility index (Phi) is 7.99. The maximum atomic E-state index is 13.6. The lowest BCUT2D eigenvalue weighted by Crippen LogP contribution is -2.49. The van der Waals surface area contributed by atoms with E-state index in [9.17, 15) is 22.8 Å². The molecule has 0 aliphatic carbocycles. The minimum Gasteiger partial charge on any atom is -0.480 e. The number of halogens is 3. The van der Waals surface area contributed by atoms with Crippen LogP contribution in [0.2, 0.25) is 18.1 Å². The summed E-state index contributed by atoms with van der Waals surface area (Å²) in [6, 6.07) is 8.04. The molecule has 36 heavy (non-hydrogen) atoms. The Hall–Kier alpha value is -3.12. The molecule has 0 saturated carbocycles. The number of fused-ring (bicyclic) bond motifs is 1. The first-order chi connectivity index (χ1) is 16.7. The zero-order chi connectivity index (χ0) is 26.7. The number of alkyl halides is 3. The van der Waals surface area contributed by atoms with E-state index in [4.69, 9.17) is 9.16 Å². The zero-order valence-corrected chi connectivity index (χ0v) is 21.8. The number of aromatic nitrogens is 1. The minimum absolute atomic E-state index is 0.0461. The van der Waals surface area contributed by atoms with Gasteiger partial charge < -0.3 is 19.2 Å². The van der Waals surface area contributed by atoms with Crippen molar-refractivity contribution >= 4 is 31.6 Å². The van der Waals surface area contributed by atoms with Crippen LogP contribution in [0, 0.1) is 0 Å². The fraction of sp³-hybridized carbons (Fsp3) is 0.458. The number of rotatable bonds is 8. The molecule has 2 aromatic rings. The van der Waals surface area contributed by atoms with Gasteiger partial charge in [0.05, 0.1) is 5.69 Å². The molecule has 0 radical (unpaired) electrons. The molecule has 1 aromatic heterocycles. The average molecular weight is 526 g/mol. The van der Waals surface area contributed by atoms with Crippen LogP contribution in [0.1, 0.15) is 27.2 Å². The van der Waals surface area contributed by atoms with Crippen molar-refractivity contribution in [2.24, 2.45) is 0 Å². The van der Waals surface area contributed by atoms with Crippen LogP contribution < -0.4 is 19.7 Å². The number of hydrogen-bond donors (Lipinski definition) is 1. The van der Waals surface area contributed by atoms with Crippen LogP contribution in [-0.4, -0.2) is 50.7 Å². The van der Waals surface area contributed by atoms with Crippen molar-refractivity contribution < 1.29 is 36.7 Å². The van der Waals surface area contributed by atoms with E-state index < -0.39 is 32.4 Å². The largest absolute Gasteiger partial charge is 0.573 e. The number of carbonyl (C=O) groups is 2. The topological polar surface area (TPSA) is 90.0 Å². The number of nitrogens with zero attached hydrogens (tertiary/aromatic N) is 2. The Morgan fingerprint density at radius 3 is 2.39 bits per heavy atom. The quantitative estimate of drug-likeness (QED) is 0.481. The van der Waals surface area contributed by atoms with Gasteiger partial charge in [0.25, 0.3) is 5.91 Å². The Morgan fingerprint density at radius 1 is 1.14 bits per heavy atom. The van der Waals surface area contributed by atoms with E-state index in [2.05, 4.69) is 48.9 Å². The highest BCUT2D eigenvalue weighted by atomic mass is 28.4. The smallest absolute Gasteiger partial charge is 0.480 e. The number of pyridine rings is 1. The van der Waals surface area contributed by atoms with Gasteiger partial charge in [-0.2, -0.15) is 0 Å². The van der Waals surface area contributed by atoms with E-state index in [1.54, 1.807) is 12.1 Å². The van der Waals surface area contributed by atoms with Crippen LogP contribution in [0.3, 0.4) is 0 Å². The van der Waals surface area contributed by atoms with Crippen molar-refractivity contribution in [1.29, 1.82) is 0 Å². The maximum absolute atomic E-state index is 13.6. The lowest BCUT2D eigenvalue weighted by Gasteiger charge is -2.36. The predicted molar refractivity (Wildman–Crippen MR) is 131 cm³/mol. The number of carbonyl (C=O) groups excluding carboxylic acids is 2. The fourth-order valence-corrected chi connectivity index (χ4v) is 4.29. The SMILES string of the molecule is CC(C)(C)[Si](C)(C)OCCC(Oc1ccc(OC(F)(F)F)cc1)C(=O)N1CC(=O)Nc2cccnc21. The summed E-state index contributed by atoms with van der Waals surface area (Å²) in [7, 11) is -2.12. The number of ether oxygens (including phenoxy) is 2. The van der Waals surface area contributed by atoms with Gasteiger partial charge in [-0.05, 0) is 54.5 Å². The molecule has 1 aliphatic rings. The van der Waals surface area contributed by atoms with Gasteiger partial charge in [0.15, 0.2) is 20.2 Å². The standard InChI is InChI=1S/C24H30F3N3O5Si/c1-23(2,3)36(4,5)33-14-12-19(34-16-8-10-17(11-9-16)35-24(25,26)27)22(32)30-15-20(31)29-18-7-6-13-28-21(18)30/h6-11,13,19H,12,14-15H2,1-5H3,(H,29,31). The third-order valence-electron chi connectivity index (χ3n) is 6.14. The average Bonchev–Trinajstić information content (AvgIpc) is 2.76. The number of nitrogens with one attached hydrogen (secondary N) is 1. The van der Waals surface area contributed by atoms with Crippen LogP contribution in [0.15, 0.2) is 42.6 Å². The summed E-state index contributed by atoms with van der Waals surface area (Å²) >= 11 is 0. The Balaban J connectivity index is 1.82. The molecule has 1 atom stereocenters. The fourth-order valence-electron chi connectivity index (χ4n) is 3.23. The number of anilines is 2. The van der Waals surface area contributed by atoms with Gasteiger partial charge in [0.1, 0.15) is 18.0 Å². The lowest BCUT2D eigenvalue weighted by molar-refractivity contribution is -0.274. The molecule has 0 bridgehead atoms. The summed E-state index contributed by atoms with van der Waals surface area (Å²) in [6.07, 6.45) is -4.24. The van der Waals surface area contributed by atoms with Crippen LogP contribution >= 0.6 is 0 Å². The highest BCUT2D eigenvalue weighted by Crippen LogP contribution is 2.37. The molecule has 1 N–H and O–H groups in total. The molecule has 196 valence electrons. The molecular weight excluding hydrogens is 495 g/mol. The van der Waals surface area contributed by atoms with E-state index in [-0.39, 0.29) is 42.1 Å². The monoisotopic (exact) mass is 525 g/mol. The molecule has 0 spiro atoms. The Bertz CT molecular complexity index is 1090. The van der Waals surface area contributed by atoms with Gasteiger partial charge >= 0.3 is 6.36 Å². The number of benzene rings is 1. The number of hydrogen-bond acceptors (Lipinski definition) is 6. The third-order valence-corrected chi connectivity index (χ3v) is 10.7. The molecule has 12 heteroatoms. The molecule has 0 saturated heterocycles. The molecule has 3 rings (SSSR count). The Morgan fingerprint density at radius 2 is 1.78 bits per heavy atom. The first-order valence-corrected chi connectivity index (χ1v) is 14.3. The molecule has 2 heterocycles. The van der Waals surface area contributed by atoms with Crippen LogP contribution in [0.25, 0.3) is 0 Å². The molecule has 2 amide bonds. The molecule has 0 fully saturated rings. The predicted octanol–water partition coefficient (Wildman–Crippen LogP) is 5.12. The van der Waals surface area contributed by atoms with Crippen molar-refractivity contribution in [3.8, 4) is 11.5 Å². The van der Waals surface area contributed by atoms with E-state index >= 15 is 0 Å². The normalized spacial score (nSPS) is 15.1. The van der Waals surface area contributed by atoms with E-state index in [0.717, 1.165) is 12.1 Å². The van der Waals surface area contributed by atoms with Crippen molar-refractivity contribution in [3.63, 3.8) is 0 Å². The van der Waals surface area contributed by atoms with Gasteiger partial charge in [-0.15, -0.1) is 13.2 Å². The first-order valence-electron chi connectivity index (χ1n) is 11.4. The van der Waals surface area contributed by atoms with Crippen LogP contribution in [0.4, 0.5) is 24.7 Å². The van der Waals surface area contributed by atoms with Gasteiger partial charge in [0.2, 0.25) is 5.91 Å². The molecule has 1 unspecified atom stereocenters. The second kappa shape index (κ2) is 10.5. The second-order valence-corrected chi connectivity index (χ2v) is 14.7.